The van der Waals surface area contributed by atoms with E-state index in [4.69, 9.17) is 27.6 Å². The van der Waals surface area contributed by atoms with Crippen LogP contribution in [0, 0.1) is 0 Å². The van der Waals surface area contributed by atoms with Gasteiger partial charge in [0, 0.05) is 11.9 Å². The average Bonchev–Trinajstić information content (AvgIpc) is 2.68. The number of halogens is 2. The molecule has 3 rings (SSSR count). The predicted octanol–water partition coefficient (Wildman–Crippen LogP) is 4.20. The van der Waals surface area contributed by atoms with E-state index in [1.165, 1.54) is 11.0 Å². The number of carbonyl (C=O) groups excluding carboxylic acids is 2. The van der Waals surface area contributed by atoms with Gasteiger partial charge in [0.15, 0.2) is 0 Å². The van der Waals surface area contributed by atoms with Crippen molar-refractivity contribution >= 4 is 51.7 Å². The number of nitrogens with one attached hydrogen (secondary N) is 1. The number of fused-ring (bicyclic) bond motifs is 1. The SMILES string of the molecule is CCN(CC(=O)Nc1c(Cl)cccc1Cl)C(=O)c1cc2ccccc2oc1=O. The van der Waals surface area contributed by atoms with Gasteiger partial charge in [-0.15, -0.1) is 0 Å². The Kier molecular flexibility index (Phi) is 6.02. The molecule has 0 aliphatic rings. The second-order valence-corrected chi connectivity index (χ2v) is 6.76. The Hall–Kier alpha value is -2.83. The van der Waals surface area contributed by atoms with Crippen molar-refractivity contribution in [1.29, 1.82) is 0 Å². The summed E-state index contributed by atoms with van der Waals surface area (Å²) in [6, 6.07) is 13.2. The van der Waals surface area contributed by atoms with E-state index < -0.39 is 17.4 Å². The average molecular weight is 419 g/mol. The lowest BCUT2D eigenvalue weighted by molar-refractivity contribution is -0.116. The lowest BCUT2D eigenvalue weighted by Crippen LogP contribution is -2.39. The van der Waals surface area contributed by atoms with Gasteiger partial charge in [-0.1, -0.05) is 47.5 Å². The molecule has 28 heavy (non-hydrogen) atoms. The molecular weight excluding hydrogens is 403 g/mol. The molecule has 8 heteroatoms. The molecule has 3 aromatic rings. The van der Waals surface area contributed by atoms with Crippen LogP contribution >= 0.6 is 23.2 Å². The first-order valence-corrected chi connectivity index (χ1v) is 9.22. The monoisotopic (exact) mass is 418 g/mol. The third-order valence-corrected chi connectivity index (χ3v) is 4.73. The van der Waals surface area contributed by atoms with Gasteiger partial charge in [-0.25, -0.2) is 4.79 Å². The van der Waals surface area contributed by atoms with Gasteiger partial charge in [-0.05, 0) is 31.2 Å². The molecule has 0 unspecified atom stereocenters. The van der Waals surface area contributed by atoms with Crippen molar-refractivity contribution in [2.75, 3.05) is 18.4 Å². The molecule has 0 atom stereocenters. The highest BCUT2D eigenvalue weighted by molar-refractivity contribution is 6.39. The van der Waals surface area contributed by atoms with Crippen LogP contribution in [0.4, 0.5) is 5.69 Å². The fourth-order valence-electron chi connectivity index (χ4n) is 2.68. The van der Waals surface area contributed by atoms with Crippen LogP contribution in [-0.4, -0.2) is 29.8 Å². The van der Waals surface area contributed by atoms with Gasteiger partial charge in [-0.3, -0.25) is 9.59 Å². The normalized spacial score (nSPS) is 10.7. The highest BCUT2D eigenvalue weighted by Crippen LogP contribution is 2.29. The van der Waals surface area contributed by atoms with Crippen molar-refractivity contribution in [2.24, 2.45) is 0 Å². The Bertz CT molecular complexity index is 1090. The number of para-hydroxylation sites is 2. The first-order chi connectivity index (χ1) is 13.4. The van der Waals surface area contributed by atoms with E-state index in [2.05, 4.69) is 5.32 Å². The van der Waals surface area contributed by atoms with Gasteiger partial charge >= 0.3 is 5.63 Å². The van der Waals surface area contributed by atoms with Gasteiger partial charge in [0.1, 0.15) is 17.7 Å². The first-order valence-electron chi connectivity index (χ1n) is 8.46. The second kappa shape index (κ2) is 8.46. The Balaban J connectivity index is 1.81. The number of hydrogen-bond acceptors (Lipinski definition) is 4. The summed E-state index contributed by atoms with van der Waals surface area (Å²) >= 11 is 12.1. The zero-order chi connectivity index (χ0) is 20.3. The molecule has 0 aliphatic heterocycles. The summed E-state index contributed by atoms with van der Waals surface area (Å²) in [4.78, 5) is 38.6. The molecule has 0 saturated heterocycles. The van der Waals surface area contributed by atoms with Crippen molar-refractivity contribution in [3.05, 3.63) is 74.6 Å². The van der Waals surface area contributed by atoms with Crippen LogP contribution in [0.3, 0.4) is 0 Å². The molecule has 1 N–H and O–H groups in total. The maximum absolute atomic E-state index is 12.8. The standard InChI is InChI=1S/C20H16Cl2N2O4/c1-2-24(11-17(25)23-18-14(21)7-5-8-15(18)22)19(26)13-10-12-6-3-4-9-16(12)28-20(13)27/h3-10H,2,11H2,1H3,(H,23,25). The Morgan fingerprint density at radius 2 is 1.75 bits per heavy atom. The summed E-state index contributed by atoms with van der Waals surface area (Å²) in [7, 11) is 0. The molecule has 6 nitrogen and oxygen atoms in total. The van der Waals surface area contributed by atoms with Crippen molar-refractivity contribution in [1.82, 2.24) is 4.90 Å². The number of rotatable bonds is 5. The molecular formula is C20H16Cl2N2O4. The summed E-state index contributed by atoms with van der Waals surface area (Å²) in [5, 5.41) is 3.78. The highest BCUT2D eigenvalue weighted by atomic mass is 35.5. The predicted molar refractivity (Wildman–Crippen MR) is 109 cm³/mol. The van der Waals surface area contributed by atoms with Crippen LogP contribution in [-0.2, 0) is 4.79 Å². The summed E-state index contributed by atoms with van der Waals surface area (Å²) in [5.74, 6) is -1.09. The van der Waals surface area contributed by atoms with E-state index in [1.807, 2.05) is 0 Å². The molecule has 0 fully saturated rings. The lowest BCUT2D eigenvalue weighted by atomic mass is 10.1. The summed E-state index contributed by atoms with van der Waals surface area (Å²) in [5.41, 5.74) is -0.233. The van der Waals surface area contributed by atoms with E-state index in [1.54, 1.807) is 49.4 Å². The molecule has 0 radical (unpaired) electrons. The zero-order valence-electron chi connectivity index (χ0n) is 14.9. The minimum Gasteiger partial charge on any atom is -0.422 e. The van der Waals surface area contributed by atoms with E-state index in [0.29, 0.717) is 11.0 Å². The van der Waals surface area contributed by atoms with E-state index in [0.717, 1.165) is 0 Å². The number of benzene rings is 2. The Morgan fingerprint density at radius 1 is 1.07 bits per heavy atom. The molecule has 2 aromatic carbocycles. The van der Waals surface area contributed by atoms with E-state index >= 15 is 0 Å². The molecule has 1 heterocycles. The third kappa shape index (κ3) is 4.18. The first kappa shape index (κ1) is 19.9. The molecule has 0 spiro atoms. The van der Waals surface area contributed by atoms with Crippen LogP contribution in [0.2, 0.25) is 10.0 Å². The van der Waals surface area contributed by atoms with Gasteiger partial charge in [-0.2, -0.15) is 0 Å². The van der Waals surface area contributed by atoms with Crippen LogP contribution < -0.4 is 10.9 Å². The third-order valence-electron chi connectivity index (χ3n) is 4.10. The number of hydrogen-bond donors (Lipinski definition) is 1. The van der Waals surface area contributed by atoms with Crippen LogP contribution in [0.25, 0.3) is 11.0 Å². The lowest BCUT2D eigenvalue weighted by Gasteiger charge is -2.20. The minimum atomic E-state index is -0.753. The van der Waals surface area contributed by atoms with Crippen molar-refractivity contribution in [3.63, 3.8) is 0 Å². The maximum Gasteiger partial charge on any atom is 0.349 e. The second-order valence-electron chi connectivity index (χ2n) is 5.95. The Morgan fingerprint density at radius 3 is 2.43 bits per heavy atom. The quantitative estimate of drug-likeness (QED) is 0.629. The molecule has 2 amide bonds. The topological polar surface area (TPSA) is 79.6 Å². The van der Waals surface area contributed by atoms with Crippen LogP contribution in [0.5, 0.6) is 0 Å². The van der Waals surface area contributed by atoms with Crippen molar-refractivity contribution in [2.45, 2.75) is 6.92 Å². The van der Waals surface area contributed by atoms with Crippen molar-refractivity contribution in [3.8, 4) is 0 Å². The number of likely N-dealkylation sites (N-methyl/N-ethyl adjacent to an activating group) is 1. The minimum absolute atomic E-state index is 0.135. The molecule has 0 aliphatic carbocycles. The summed E-state index contributed by atoms with van der Waals surface area (Å²) < 4.78 is 5.20. The largest absolute Gasteiger partial charge is 0.422 e. The van der Waals surface area contributed by atoms with Crippen molar-refractivity contribution < 1.29 is 14.0 Å². The summed E-state index contributed by atoms with van der Waals surface area (Å²) in [6.07, 6.45) is 0. The number of nitrogens with zero attached hydrogens (tertiary/aromatic N) is 1. The molecule has 0 bridgehead atoms. The smallest absolute Gasteiger partial charge is 0.349 e. The van der Waals surface area contributed by atoms with Crippen LogP contribution in [0.1, 0.15) is 17.3 Å². The Labute approximate surface area is 170 Å². The number of carbonyl (C=O) groups is 2. The molecule has 1 aromatic heterocycles. The number of anilines is 1. The molecule has 0 saturated carbocycles. The zero-order valence-corrected chi connectivity index (χ0v) is 16.4. The summed E-state index contributed by atoms with van der Waals surface area (Å²) in [6.45, 7) is 1.65. The van der Waals surface area contributed by atoms with Gasteiger partial charge in [0.2, 0.25) is 5.91 Å². The molecule has 144 valence electrons. The van der Waals surface area contributed by atoms with Gasteiger partial charge in [0.05, 0.1) is 15.7 Å². The maximum atomic E-state index is 12.8. The van der Waals surface area contributed by atoms with Crippen LogP contribution in [0.15, 0.2) is 57.7 Å². The highest BCUT2D eigenvalue weighted by Gasteiger charge is 2.22. The van der Waals surface area contributed by atoms with Gasteiger partial charge < -0.3 is 14.6 Å². The fourth-order valence-corrected chi connectivity index (χ4v) is 3.17. The number of amides is 2. The fraction of sp³-hybridized carbons (Fsp3) is 0.150. The van der Waals surface area contributed by atoms with E-state index in [-0.39, 0.29) is 34.4 Å². The van der Waals surface area contributed by atoms with E-state index in [9.17, 15) is 14.4 Å². The van der Waals surface area contributed by atoms with Gasteiger partial charge in [0.25, 0.3) is 5.91 Å².